The van der Waals surface area contributed by atoms with Crippen LogP contribution in [0.3, 0.4) is 0 Å². The number of thiocarbonyl (C=S) groups is 1. The van der Waals surface area contributed by atoms with Crippen LogP contribution in [0.1, 0.15) is 31.1 Å². The Balaban J connectivity index is 2.82. The van der Waals surface area contributed by atoms with Gasteiger partial charge in [-0.05, 0) is 17.5 Å². The molecule has 1 amide bonds. The maximum Gasteiger partial charge on any atom is 0.322 e. The van der Waals surface area contributed by atoms with Crippen molar-refractivity contribution in [3.8, 4) is 0 Å². The number of aliphatic carboxylic acids is 1. The van der Waals surface area contributed by atoms with Gasteiger partial charge in [0.1, 0.15) is 6.54 Å². The summed E-state index contributed by atoms with van der Waals surface area (Å²) in [5.41, 5.74) is 0.195. The van der Waals surface area contributed by atoms with Gasteiger partial charge in [0.15, 0.2) is 0 Å². The summed E-state index contributed by atoms with van der Waals surface area (Å²) in [7, 11) is 0. The molecule has 0 saturated heterocycles. The molecule has 0 aliphatic rings. The van der Waals surface area contributed by atoms with Crippen LogP contribution in [0, 0.1) is 5.41 Å². The Bertz CT molecular complexity index is 523. The number of hydrogen-bond acceptors (Lipinski definition) is 3. The summed E-state index contributed by atoms with van der Waals surface area (Å²) in [6, 6.07) is 8.35. The Kier molecular flexibility index (Phi) is 5.84. The minimum atomic E-state index is -1.00. The van der Waals surface area contributed by atoms with E-state index in [4.69, 9.17) is 17.3 Å². The van der Waals surface area contributed by atoms with E-state index in [9.17, 15) is 9.59 Å². The third-order valence-electron chi connectivity index (χ3n) is 2.85. The van der Waals surface area contributed by atoms with Gasteiger partial charge >= 0.3 is 5.97 Å². The molecule has 1 unspecified atom stereocenters. The lowest BCUT2D eigenvalue weighted by Gasteiger charge is -2.32. The number of carbonyl (C=O) groups excluding carboxylic acids is 1. The highest BCUT2D eigenvalue weighted by atomic mass is 32.1. The van der Waals surface area contributed by atoms with Crippen LogP contribution in [0.5, 0.6) is 0 Å². The third kappa shape index (κ3) is 5.51. The minimum absolute atomic E-state index is 0.241. The SMILES string of the molecule is CC(C)(C)C(NC(=O)c1ccccc1)C(=S)NCC(=O)O. The van der Waals surface area contributed by atoms with Crippen molar-refractivity contribution in [2.24, 2.45) is 5.41 Å². The molecule has 0 radical (unpaired) electrons. The Hall–Kier alpha value is -1.95. The van der Waals surface area contributed by atoms with Crippen molar-refractivity contribution in [2.45, 2.75) is 26.8 Å². The van der Waals surface area contributed by atoms with Crippen LogP contribution in [0.25, 0.3) is 0 Å². The second-order valence-electron chi connectivity index (χ2n) is 5.75. The van der Waals surface area contributed by atoms with Crippen LogP contribution >= 0.6 is 12.2 Å². The second-order valence-corrected chi connectivity index (χ2v) is 6.19. The number of amides is 1. The van der Waals surface area contributed by atoms with Crippen molar-refractivity contribution in [1.29, 1.82) is 0 Å². The molecule has 1 aromatic rings. The lowest BCUT2D eigenvalue weighted by atomic mass is 9.86. The summed E-state index contributed by atoms with van der Waals surface area (Å²) in [4.78, 5) is 23.2. The highest BCUT2D eigenvalue weighted by Gasteiger charge is 2.30. The Morgan fingerprint density at radius 3 is 2.29 bits per heavy atom. The highest BCUT2D eigenvalue weighted by Crippen LogP contribution is 2.20. The van der Waals surface area contributed by atoms with Crippen molar-refractivity contribution < 1.29 is 14.7 Å². The zero-order valence-electron chi connectivity index (χ0n) is 12.3. The van der Waals surface area contributed by atoms with Crippen molar-refractivity contribution in [1.82, 2.24) is 10.6 Å². The zero-order valence-corrected chi connectivity index (χ0v) is 13.2. The molecule has 0 fully saturated rings. The topological polar surface area (TPSA) is 78.4 Å². The van der Waals surface area contributed by atoms with Gasteiger partial charge in [0.2, 0.25) is 0 Å². The molecule has 0 aromatic heterocycles. The number of benzene rings is 1. The zero-order chi connectivity index (χ0) is 16.0. The van der Waals surface area contributed by atoms with Gasteiger partial charge in [-0.2, -0.15) is 0 Å². The molecule has 114 valence electrons. The average molecular weight is 308 g/mol. The lowest BCUT2D eigenvalue weighted by Crippen LogP contribution is -2.53. The Morgan fingerprint density at radius 1 is 1.24 bits per heavy atom. The number of nitrogens with one attached hydrogen (secondary N) is 2. The van der Waals surface area contributed by atoms with E-state index in [0.29, 0.717) is 10.6 Å². The van der Waals surface area contributed by atoms with Gasteiger partial charge < -0.3 is 15.7 Å². The summed E-state index contributed by atoms with van der Waals surface area (Å²) >= 11 is 5.22. The van der Waals surface area contributed by atoms with E-state index in [1.54, 1.807) is 24.3 Å². The number of carboxylic acids is 1. The third-order valence-corrected chi connectivity index (χ3v) is 3.23. The molecule has 0 heterocycles. The average Bonchev–Trinajstić information content (AvgIpc) is 2.41. The molecular weight excluding hydrogens is 288 g/mol. The monoisotopic (exact) mass is 308 g/mol. The van der Waals surface area contributed by atoms with E-state index in [2.05, 4.69) is 10.6 Å². The molecule has 1 rings (SSSR count). The van der Waals surface area contributed by atoms with Gasteiger partial charge in [0.05, 0.1) is 11.0 Å². The fraction of sp³-hybridized carbons (Fsp3) is 0.400. The van der Waals surface area contributed by atoms with Gasteiger partial charge in [-0.1, -0.05) is 51.2 Å². The van der Waals surface area contributed by atoms with E-state index in [-0.39, 0.29) is 17.9 Å². The van der Waals surface area contributed by atoms with Crippen LogP contribution in [-0.2, 0) is 4.79 Å². The lowest BCUT2D eigenvalue weighted by molar-refractivity contribution is -0.135. The fourth-order valence-electron chi connectivity index (χ4n) is 1.74. The van der Waals surface area contributed by atoms with Gasteiger partial charge in [0.25, 0.3) is 5.91 Å². The Labute approximate surface area is 129 Å². The predicted octanol–water partition coefficient (Wildman–Crippen LogP) is 1.83. The number of carbonyl (C=O) groups is 2. The van der Waals surface area contributed by atoms with Crippen LogP contribution in [0.4, 0.5) is 0 Å². The maximum atomic E-state index is 12.2. The number of rotatable bonds is 5. The first-order chi connectivity index (χ1) is 9.71. The summed E-state index contributed by atoms with van der Waals surface area (Å²) in [5.74, 6) is -1.24. The normalized spacial score (nSPS) is 12.3. The fourth-order valence-corrected chi connectivity index (χ4v) is 2.23. The summed E-state index contributed by atoms with van der Waals surface area (Å²) < 4.78 is 0. The molecule has 5 nitrogen and oxygen atoms in total. The maximum absolute atomic E-state index is 12.2. The Morgan fingerprint density at radius 2 is 1.81 bits per heavy atom. The first-order valence-electron chi connectivity index (χ1n) is 6.57. The minimum Gasteiger partial charge on any atom is -0.480 e. The molecule has 0 aliphatic carbocycles. The molecular formula is C15H20N2O3S. The molecule has 3 N–H and O–H groups in total. The van der Waals surface area contributed by atoms with E-state index in [1.165, 1.54) is 0 Å². The van der Waals surface area contributed by atoms with Gasteiger partial charge in [-0.3, -0.25) is 9.59 Å². The molecule has 0 bridgehead atoms. The molecule has 1 atom stereocenters. The largest absolute Gasteiger partial charge is 0.480 e. The van der Waals surface area contributed by atoms with Gasteiger partial charge in [-0.25, -0.2) is 0 Å². The quantitative estimate of drug-likeness (QED) is 0.723. The summed E-state index contributed by atoms with van der Waals surface area (Å²) in [6.07, 6.45) is 0. The predicted molar refractivity (Wildman–Crippen MR) is 85.4 cm³/mol. The van der Waals surface area contributed by atoms with Crippen LogP contribution in [-0.4, -0.2) is 34.6 Å². The second kappa shape index (κ2) is 7.17. The molecule has 21 heavy (non-hydrogen) atoms. The highest BCUT2D eigenvalue weighted by molar-refractivity contribution is 7.80. The van der Waals surface area contributed by atoms with Crippen molar-refractivity contribution in [3.63, 3.8) is 0 Å². The van der Waals surface area contributed by atoms with E-state index in [0.717, 1.165) is 0 Å². The van der Waals surface area contributed by atoms with E-state index < -0.39 is 12.0 Å². The molecule has 6 heteroatoms. The number of carboxylic acid groups (broad SMARTS) is 1. The molecule has 0 aliphatic heterocycles. The van der Waals surface area contributed by atoms with Crippen molar-refractivity contribution in [3.05, 3.63) is 35.9 Å². The smallest absolute Gasteiger partial charge is 0.322 e. The van der Waals surface area contributed by atoms with Gasteiger partial charge in [-0.15, -0.1) is 0 Å². The molecule has 0 saturated carbocycles. The first kappa shape index (κ1) is 17.1. The van der Waals surface area contributed by atoms with Crippen LogP contribution in [0.15, 0.2) is 30.3 Å². The number of hydrogen-bond donors (Lipinski definition) is 3. The summed E-state index contributed by atoms with van der Waals surface area (Å²) in [5, 5.41) is 14.2. The van der Waals surface area contributed by atoms with Crippen molar-refractivity contribution in [2.75, 3.05) is 6.54 Å². The molecule has 1 aromatic carbocycles. The van der Waals surface area contributed by atoms with E-state index in [1.807, 2.05) is 26.8 Å². The molecule has 0 spiro atoms. The van der Waals surface area contributed by atoms with Crippen LogP contribution < -0.4 is 10.6 Å². The van der Waals surface area contributed by atoms with E-state index >= 15 is 0 Å². The van der Waals surface area contributed by atoms with Crippen LogP contribution in [0.2, 0.25) is 0 Å². The standard InChI is InChI=1S/C15H20N2O3S/c1-15(2,3)12(14(21)16-9-11(18)19)17-13(20)10-7-5-4-6-8-10/h4-8,12H,9H2,1-3H3,(H,16,21)(H,17,20)(H,18,19). The van der Waals surface area contributed by atoms with Crippen molar-refractivity contribution >= 4 is 29.1 Å². The van der Waals surface area contributed by atoms with Gasteiger partial charge in [0, 0.05) is 5.56 Å². The first-order valence-corrected chi connectivity index (χ1v) is 6.98. The summed E-state index contributed by atoms with van der Waals surface area (Å²) in [6.45, 7) is 5.51.